The van der Waals surface area contributed by atoms with E-state index in [1.807, 2.05) is 11.0 Å². The number of rotatable bonds is 6. The molecule has 1 saturated heterocycles. The van der Waals surface area contributed by atoms with E-state index in [2.05, 4.69) is 31.2 Å². The molecule has 20 heavy (non-hydrogen) atoms. The van der Waals surface area contributed by atoms with Crippen molar-refractivity contribution in [2.75, 3.05) is 19.7 Å². The molecule has 1 amide bonds. The summed E-state index contributed by atoms with van der Waals surface area (Å²) in [6, 6.07) is 10.5. The average Bonchev–Trinajstić information content (AvgIpc) is 2.52. The lowest BCUT2D eigenvalue weighted by Crippen LogP contribution is -2.45. The molecule has 1 aromatic carbocycles. The summed E-state index contributed by atoms with van der Waals surface area (Å²) in [6.07, 6.45) is 4.94. The molecule has 0 radical (unpaired) electrons. The Morgan fingerprint density at radius 2 is 2.15 bits per heavy atom. The predicted octanol–water partition coefficient (Wildman–Crippen LogP) is 3.04. The Bertz CT molecular complexity index is 405. The third kappa shape index (κ3) is 4.64. The standard InChI is InChI=1S/C17H25NO2/c1-2-3-9-17(19)18-12-13-20-16(14-18)11-10-15-7-5-4-6-8-15/h4-8,16H,2-3,9-14H2,1H3. The lowest BCUT2D eigenvalue weighted by atomic mass is 10.1. The van der Waals surface area contributed by atoms with Crippen molar-refractivity contribution in [3.63, 3.8) is 0 Å². The van der Waals surface area contributed by atoms with Crippen LogP contribution in [-0.2, 0) is 16.0 Å². The van der Waals surface area contributed by atoms with E-state index in [0.29, 0.717) is 18.9 Å². The summed E-state index contributed by atoms with van der Waals surface area (Å²) >= 11 is 0. The maximum atomic E-state index is 12.0. The summed E-state index contributed by atoms with van der Waals surface area (Å²) in [6.45, 7) is 4.31. The Balaban J connectivity index is 1.77. The Morgan fingerprint density at radius 1 is 1.35 bits per heavy atom. The highest BCUT2D eigenvalue weighted by atomic mass is 16.5. The molecule has 1 aliphatic heterocycles. The van der Waals surface area contributed by atoms with Crippen LogP contribution >= 0.6 is 0 Å². The molecule has 0 aromatic heterocycles. The maximum Gasteiger partial charge on any atom is 0.222 e. The van der Waals surface area contributed by atoms with E-state index in [-0.39, 0.29) is 6.10 Å². The van der Waals surface area contributed by atoms with Crippen molar-refractivity contribution in [3.8, 4) is 0 Å². The number of carbonyl (C=O) groups excluding carboxylic acids is 1. The van der Waals surface area contributed by atoms with Gasteiger partial charge in [0.25, 0.3) is 0 Å². The second-order valence-corrected chi connectivity index (χ2v) is 5.46. The number of nitrogens with zero attached hydrogens (tertiary/aromatic N) is 1. The number of benzene rings is 1. The van der Waals surface area contributed by atoms with E-state index in [9.17, 15) is 4.79 Å². The van der Waals surface area contributed by atoms with Crippen LogP contribution in [0, 0.1) is 0 Å². The minimum Gasteiger partial charge on any atom is -0.375 e. The van der Waals surface area contributed by atoms with Crippen molar-refractivity contribution >= 4 is 5.91 Å². The summed E-state index contributed by atoms with van der Waals surface area (Å²) < 4.78 is 5.79. The van der Waals surface area contributed by atoms with Gasteiger partial charge in [-0.15, -0.1) is 0 Å². The van der Waals surface area contributed by atoms with E-state index in [1.54, 1.807) is 0 Å². The zero-order chi connectivity index (χ0) is 14.2. The fourth-order valence-corrected chi connectivity index (χ4v) is 2.58. The number of ether oxygens (including phenoxy) is 1. The minimum atomic E-state index is 0.189. The van der Waals surface area contributed by atoms with Gasteiger partial charge in [-0.2, -0.15) is 0 Å². The number of aryl methyl sites for hydroxylation is 1. The molecule has 1 unspecified atom stereocenters. The van der Waals surface area contributed by atoms with E-state index < -0.39 is 0 Å². The summed E-state index contributed by atoms with van der Waals surface area (Å²) in [5, 5.41) is 0. The van der Waals surface area contributed by atoms with Crippen molar-refractivity contribution in [1.29, 1.82) is 0 Å². The van der Waals surface area contributed by atoms with Crippen LogP contribution in [0.5, 0.6) is 0 Å². The molecule has 110 valence electrons. The van der Waals surface area contributed by atoms with Gasteiger partial charge in [-0.1, -0.05) is 43.7 Å². The zero-order valence-corrected chi connectivity index (χ0v) is 12.4. The zero-order valence-electron chi connectivity index (χ0n) is 12.4. The molecule has 1 aliphatic rings. The van der Waals surface area contributed by atoms with Gasteiger partial charge >= 0.3 is 0 Å². The van der Waals surface area contributed by atoms with E-state index in [1.165, 1.54) is 5.56 Å². The molecular formula is C17H25NO2. The van der Waals surface area contributed by atoms with E-state index in [4.69, 9.17) is 4.74 Å². The normalized spacial score (nSPS) is 19.1. The largest absolute Gasteiger partial charge is 0.375 e. The third-order valence-corrected chi connectivity index (χ3v) is 3.83. The molecule has 1 aromatic rings. The number of unbranched alkanes of at least 4 members (excludes halogenated alkanes) is 1. The van der Waals surface area contributed by atoms with Crippen LogP contribution in [0.1, 0.15) is 38.2 Å². The van der Waals surface area contributed by atoms with Crippen molar-refractivity contribution in [2.45, 2.75) is 45.1 Å². The van der Waals surface area contributed by atoms with Gasteiger partial charge in [0.05, 0.1) is 12.7 Å². The molecule has 2 rings (SSSR count). The summed E-state index contributed by atoms with van der Waals surface area (Å²) in [7, 11) is 0. The smallest absolute Gasteiger partial charge is 0.222 e. The number of hydrogen-bond donors (Lipinski definition) is 0. The quantitative estimate of drug-likeness (QED) is 0.798. The van der Waals surface area contributed by atoms with Gasteiger partial charge in [0.2, 0.25) is 5.91 Å². The van der Waals surface area contributed by atoms with Gasteiger partial charge in [0, 0.05) is 19.5 Å². The Kier molecular flexibility index (Phi) is 6.06. The highest BCUT2D eigenvalue weighted by molar-refractivity contribution is 5.76. The Morgan fingerprint density at radius 3 is 2.90 bits per heavy atom. The van der Waals surface area contributed by atoms with Crippen molar-refractivity contribution in [1.82, 2.24) is 4.90 Å². The van der Waals surface area contributed by atoms with E-state index in [0.717, 1.165) is 38.8 Å². The first-order valence-corrected chi connectivity index (χ1v) is 7.73. The topological polar surface area (TPSA) is 29.5 Å². The fraction of sp³-hybridized carbons (Fsp3) is 0.588. The monoisotopic (exact) mass is 275 g/mol. The summed E-state index contributed by atoms with van der Waals surface area (Å²) in [4.78, 5) is 14.0. The molecule has 1 atom stereocenters. The third-order valence-electron chi connectivity index (χ3n) is 3.83. The minimum absolute atomic E-state index is 0.189. The highest BCUT2D eigenvalue weighted by Crippen LogP contribution is 2.14. The van der Waals surface area contributed by atoms with Crippen LogP contribution in [0.15, 0.2) is 30.3 Å². The Labute approximate surface area is 121 Å². The van der Waals surface area contributed by atoms with Crippen LogP contribution in [0.3, 0.4) is 0 Å². The first-order chi connectivity index (χ1) is 9.79. The molecule has 0 aliphatic carbocycles. The molecule has 1 heterocycles. The van der Waals surface area contributed by atoms with Gasteiger partial charge in [-0.05, 0) is 24.8 Å². The van der Waals surface area contributed by atoms with Crippen molar-refractivity contribution < 1.29 is 9.53 Å². The number of hydrogen-bond acceptors (Lipinski definition) is 2. The van der Waals surface area contributed by atoms with Gasteiger partial charge in [0.1, 0.15) is 0 Å². The predicted molar refractivity (Wildman–Crippen MR) is 80.6 cm³/mol. The van der Waals surface area contributed by atoms with Crippen LogP contribution in [0.4, 0.5) is 0 Å². The van der Waals surface area contributed by atoms with Gasteiger partial charge in [-0.25, -0.2) is 0 Å². The molecule has 0 N–H and O–H groups in total. The summed E-state index contributed by atoms with van der Waals surface area (Å²) in [5.41, 5.74) is 1.34. The Hall–Kier alpha value is -1.35. The molecule has 0 bridgehead atoms. The van der Waals surface area contributed by atoms with Gasteiger partial charge in [-0.3, -0.25) is 4.79 Å². The first kappa shape index (κ1) is 15.0. The molecule has 0 saturated carbocycles. The van der Waals surface area contributed by atoms with Crippen molar-refractivity contribution in [2.24, 2.45) is 0 Å². The van der Waals surface area contributed by atoms with Crippen LogP contribution in [0.25, 0.3) is 0 Å². The van der Waals surface area contributed by atoms with Crippen molar-refractivity contribution in [3.05, 3.63) is 35.9 Å². The number of morpholine rings is 1. The summed E-state index contributed by atoms with van der Waals surface area (Å²) in [5.74, 6) is 0.292. The first-order valence-electron chi connectivity index (χ1n) is 7.73. The average molecular weight is 275 g/mol. The molecule has 0 spiro atoms. The SMILES string of the molecule is CCCCC(=O)N1CCOC(CCc2ccccc2)C1. The van der Waals surface area contributed by atoms with Gasteiger partial charge in [0.15, 0.2) is 0 Å². The van der Waals surface area contributed by atoms with E-state index >= 15 is 0 Å². The lowest BCUT2D eigenvalue weighted by molar-refractivity contribution is -0.139. The molecule has 3 nitrogen and oxygen atoms in total. The lowest BCUT2D eigenvalue weighted by Gasteiger charge is -2.33. The molecular weight excluding hydrogens is 250 g/mol. The second-order valence-electron chi connectivity index (χ2n) is 5.46. The van der Waals surface area contributed by atoms with Crippen LogP contribution in [-0.4, -0.2) is 36.6 Å². The number of amides is 1. The van der Waals surface area contributed by atoms with Crippen LogP contribution in [0.2, 0.25) is 0 Å². The highest BCUT2D eigenvalue weighted by Gasteiger charge is 2.23. The number of carbonyl (C=O) groups is 1. The van der Waals surface area contributed by atoms with Crippen LogP contribution < -0.4 is 0 Å². The molecule has 1 fully saturated rings. The molecule has 3 heteroatoms. The maximum absolute atomic E-state index is 12.0. The fourth-order valence-electron chi connectivity index (χ4n) is 2.58. The van der Waals surface area contributed by atoms with Gasteiger partial charge < -0.3 is 9.64 Å². The second kappa shape index (κ2) is 8.05.